The molecule has 3 rings (SSSR count). The highest BCUT2D eigenvalue weighted by molar-refractivity contribution is 6.03. The lowest BCUT2D eigenvalue weighted by Gasteiger charge is -2.41. The molecule has 0 aromatic carbocycles. The maximum absolute atomic E-state index is 12.7. The third-order valence-corrected chi connectivity index (χ3v) is 8.52. The molecule has 2 saturated heterocycles. The molecule has 1 unspecified atom stereocenters. The van der Waals surface area contributed by atoms with E-state index in [2.05, 4.69) is 19.2 Å². The zero-order chi connectivity index (χ0) is 25.8. The number of rotatable bonds is 10. The van der Waals surface area contributed by atoms with Crippen molar-refractivity contribution in [2.75, 3.05) is 26.2 Å². The highest BCUT2D eigenvalue weighted by Crippen LogP contribution is 2.37. The third kappa shape index (κ3) is 7.29. The summed E-state index contributed by atoms with van der Waals surface area (Å²) in [6.45, 7) is 13.5. The molecule has 4 amide bonds. The summed E-state index contributed by atoms with van der Waals surface area (Å²) in [5, 5.41) is 3.08. The van der Waals surface area contributed by atoms with Crippen LogP contribution in [0.2, 0.25) is 0 Å². The van der Waals surface area contributed by atoms with Gasteiger partial charge in [0.15, 0.2) is 0 Å². The molecule has 0 spiro atoms. The van der Waals surface area contributed by atoms with Crippen molar-refractivity contribution in [3.05, 3.63) is 0 Å². The maximum atomic E-state index is 12.7. The summed E-state index contributed by atoms with van der Waals surface area (Å²) in [7, 11) is 0. The van der Waals surface area contributed by atoms with Gasteiger partial charge in [-0.1, -0.05) is 41.0 Å². The highest BCUT2D eigenvalue weighted by Gasteiger charge is 2.45. The molecule has 3 fully saturated rings. The fourth-order valence-electron chi connectivity index (χ4n) is 5.65. The van der Waals surface area contributed by atoms with Crippen molar-refractivity contribution in [1.82, 2.24) is 15.1 Å². The minimum absolute atomic E-state index is 0.0197. The Morgan fingerprint density at radius 1 is 1.00 bits per heavy atom. The third-order valence-electron chi connectivity index (χ3n) is 8.52. The van der Waals surface area contributed by atoms with E-state index >= 15 is 0 Å². The van der Waals surface area contributed by atoms with E-state index in [1.54, 1.807) is 0 Å². The van der Waals surface area contributed by atoms with Gasteiger partial charge in [-0.15, -0.1) is 0 Å². The number of carbonyl (C=O) groups excluding carboxylic acids is 4. The van der Waals surface area contributed by atoms with E-state index < -0.39 is 0 Å². The van der Waals surface area contributed by atoms with Crippen LogP contribution in [0.5, 0.6) is 0 Å². The number of hydrogen-bond donors (Lipinski definition) is 1. The van der Waals surface area contributed by atoms with Crippen LogP contribution in [0, 0.1) is 35.0 Å². The van der Waals surface area contributed by atoms with Gasteiger partial charge in [0.1, 0.15) is 0 Å². The first-order valence-corrected chi connectivity index (χ1v) is 13.9. The van der Waals surface area contributed by atoms with E-state index in [9.17, 15) is 19.2 Å². The molecule has 2 aliphatic heterocycles. The van der Waals surface area contributed by atoms with E-state index in [-0.39, 0.29) is 40.9 Å². The van der Waals surface area contributed by atoms with Gasteiger partial charge in [-0.2, -0.15) is 0 Å². The molecule has 0 bridgehead atoms. The number of unbranched alkanes of at least 4 members (excludes halogenated alkanes) is 2. The van der Waals surface area contributed by atoms with E-state index in [1.165, 1.54) is 4.90 Å². The van der Waals surface area contributed by atoms with E-state index in [0.717, 1.165) is 58.0 Å². The molecular weight excluding hydrogens is 442 g/mol. The molecule has 3 aliphatic rings. The van der Waals surface area contributed by atoms with Crippen molar-refractivity contribution in [3.8, 4) is 0 Å². The van der Waals surface area contributed by atoms with Crippen LogP contribution in [0.4, 0.5) is 0 Å². The highest BCUT2D eigenvalue weighted by atomic mass is 16.2. The van der Waals surface area contributed by atoms with Crippen molar-refractivity contribution in [1.29, 1.82) is 0 Å². The Morgan fingerprint density at radius 3 is 2.23 bits per heavy atom. The summed E-state index contributed by atoms with van der Waals surface area (Å²) in [6, 6.07) is 0. The molecule has 198 valence electrons. The Hall–Kier alpha value is -1.92. The number of imide groups is 1. The smallest absolute Gasteiger partial charge is 0.233 e. The van der Waals surface area contributed by atoms with Gasteiger partial charge < -0.3 is 10.2 Å². The maximum Gasteiger partial charge on any atom is 0.233 e. The Morgan fingerprint density at radius 2 is 1.66 bits per heavy atom. The zero-order valence-corrected chi connectivity index (χ0v) is 22.6. The van der Waals surface area contributed by atoms with Crippen LogP contribution in [0.1, 0.15) is 92.4 Å². The number of carbonyl (C=O) groups is 4. The number of likely N-dealkylation sites (tertiary alicyclic amines) is 2. The second-order valence-electron chi connectivity index (χ2n) is 12.6. The first kappa shape index (κ1) is 27.7. The van der Waals surface area contributed by atoms with Gasteiger partial charge in [0, 0.05) is 44.9 Å². The minimum Gasteiger partial charge on any atom is -0.356 e. The van der Waals surface area contributed by atoms with Crippen molar-refractivity contribution in [2.24, 2.45) is 35.0 Å². The second-order valence-corrected chi connectivity index (χ2v) is 12.6. The lowest BCUT2D eigenvalue weighted by Crippen LogP contribution is -2.51. The van der Waals surface area contributed by atoms with Gasteiger partial charge in [0.25, 0.3) is 0 Å². The van der Waals surface area contributed by atoms with Gasteiger partial charge in [-0.05, 0) is 61.7 Å². The minimum atomic E-state index is -0.219. The summed E-state index contributed by atoms with van der Waals surface area (Å²) < 4.78 is 0. The molecule has 7 heteroatoms. The van der Waals surface area contributed by atoms with Crippen LogP contribution in [-0.2, 0) is 19.2 Å². The molecule has 2 heterocycles. The molecule has 35 heavy (non-hydrogen) atoms. The standard InChI is InChI=1S/C28H47N3O4/c1-19(2)22-17-30(18-22)24(32)9-7-6-8-14-29-26(34)21-12-10-20(11-13-21)16-31-25(33)15-23(27(31)35)28(3,4)5/h19-23H,6-18H2,1-5H3,(H,29,34). The summed E-state index contributed by atoms with van der Waals surface area (Å²) in [4.78, 5) is 53.4. The van der Waals surface area contributed by atoms with E-state index in [0.29, 0.717) is 43.7 Å². The normalized spacial score (nSPS) is 25.8. The van der Waals surface area contributed by atoms with Crippen molar-refractivity contribution in [2.45, 2.75) is 92.4 Å². The first-order chi connectivity index (χ1) is 16.5. The largest absolute Gasteiger partial charge is 0.356 e. The van der Waals surface area contributed by atoms with Crippen LogP contribution in [0.3, 0.4) is 0 Å². The molecule has 1 atom stereocenters. The Labute approximate surface area is 211 Å². The summed E-state index contributed by atoms with van der Waals surface area (Å²) >= 11 is 0. The number of amides is 4. The van der Waals surface area contributed by atoms with Gasteiger partial charge in [-0.25, -0.2) is 0 Å². The van der Waals surface area contributed by atoms with Gasteiger partial charge in [-0.3, -0.25) is 24.1 Å². The SMILES string of the molecule is CC(C)C1CN(C(=O)CCCCCNC(=O)C2CCC(CN3C(=O)CC(C(C)(C)C)C3=O)CC2)C1. The number of nitrogens with zero attached hydrogens (tertiary/aromatic N) is 2. The molecule has 0 aromatic heterocycles. The molecule has 1 aliphatic carbocycles. The van der Waals surface area contributed by atoms with Crippen molar-refractivity contribution < 1.29 is 19.2 Å². The van der Waals surface area contributed by atoms with Gasteiger partial charge >= 0.3 is 0 Å². The Kier molecular flexibility index (Phi) is 9.39. The summed E-state index contributed by atoms with van der Waals surface area (Å²) in [5.41, 5.74) is -0.196. The Bertz CT molecular complexity index is 774. The van der Waals surface area contributed by atoms with Crippen molar-refractivity contribution in [3.63, 3.8) is 0 Å². The lowest BCUT2D eigenvalue weighted by molar-refractivity contribution is -0.142. The van der Waals surface area contributed by atoms with Gasteiger partial charge in [0.05, 0.1) is 5.92 Å². The fourth-order valence-corrected chi connectivity index (χ4v) is 5.65. The molecule has 0 aromatic rings. The van der Waals surface area contributed by atoms with Crippen LogP contribution in [0.25, 0.3) is 0 Å². The van der Waals surface area contributed by atoms with Gasteiger partial charge in [0.2, 0.25) is 23.6 Å². The zero-order valence-electron chi connectivity index (χ0n) is 22.6. The molecule has 1 N–H and O–H groups in total. The number of hydrogen-bond acceptors (Lipinski definition) is 4. The predicted molar refractivity (Wildman–Crippen MR) is 136 cm³/mol. The summed E-state index contributed by atoms with van der Waals surface area (Å²) in [6.07, 6.45) is 7.06. The average Bonchev–Trinajstić information content (AvgIpc) is 3.03. The monoisotopic (exact) mass is 489 g/mol. The predicted octanol–water partition coefficient (Wildman–Crippen LogP) is 4.01. The van der Waals surface area contributed by atoms with Crippen LogP contribution in [-0.4, -0.2) is 59.6 Å². The molecule has 0 radical (unpaired) electrons. The molecular formula is C28H47N3O4. The lowest BCUT2D eigenvalue weighted by atomic mass is 9.79. The Balaban J connectivity index is 1.25. The molecule has 7 nitrogen and oxygen atoms in total. The fraction of sp³-hybridized carbons (Fsp3) is 0.857. The number of nitrogens with one attached hydrogen (secondary N) is 1. The van der Waals surface area contributed by atoms with Crippen molar-refractivity contribution >= 4 is 23.6 Å². The van der Waals surface area contributed by atoms with Crippen LogP contribution in [0.15, 0.2) is 0 Å². The quantitative estimate of drug-likeness (QED) is 0.371. The average molecular weight is 490 g/mol. The van der Waals surface area contributed by atoms with E-state index in [1.807, 2.05) is 25.7 Å². The second kappa shape index (κ2) is 11.9. The first-order valence-electron chi connectivity index (χ1n) is 13.9. The van der Waals surface area contributed by atoms with Crippen LogP contribution < -0.4 is 5.32 Å². The van der Waals surface area contributed by atoms with E-state index in [4.69, 9.17) is 0 Å². The molecule has 1 saturated carbocycles. The summed E-state index contributed by atoms with van der Waals surface area (Å²) in [5.74, 6) is 1.76. The topological polar surface area (TPSA) is 86.8 Å². The van der Waals surface area contributed by atoms with Crippen LogP contribution >= 0.6 is 0 Å².